The van der Waals surface area contributed by atoms with Gasteiger partial charge < -0.3 is 19.8 Å². The van der Waals surface area contributed by atoms with Crippen LogP contribution in [0.5, 0.6) is 0 Å². The highest BCUT2D eigenvalue weighted by Crippen LogP contribution is 2.24. The molecule has 1 N–H and O–H groups in total. The summed E-state index contributed by atoms with van der Waals surface area (Å²) in [6.07, 6.45) is 11.4. The number of carboxylic acid groups (broad SMARTS) is 1. The fourth-order valence-corrected chi connectivity index (χ4v) is 3.03. The highest BCUT2D eigenvalue weighted by Gasteiger charge is 2.37. The molecule has 112 valence electrons. The second-order valence-corrected chi connectivity index (χ2v) is 5.31. The van der Waals surface area contributed by atoms with E-state index in [4.69, 9.17) is 0 Å². The Morgan fingerprint density at radius 1 is 1.05 bits per heavy atom. The van der Waals surface area contributed by atoms with Crippen molar-refractivity contribution in [1.82, 2.24) is 14.7 Å². The number of nitrogens with zero attached hydrogens (tertiary/aromatic N) is 5. The first-order valence-electron chi connectivity index (χ1n) is 7.08. The van der Waals surface area contributed by atoms with Gasteiger partial charge >= 0.3 is 6.09 Å². The Hall–Kier alpha value is -2.31. The fraction of sp³-hybridized carbons (Fsp3) is 0.500. The number of piperidine rings is 1. The number of hydrogen-bond donors (Lipinski definition) is 1. The van der Waals surface area contributed by atoms with Gasteiger partial charge in [0.1, 0.15) is 13.3 Å². The average molecular weight is 289 g/mol. The van der Waals surface area contributed by atoms with Gasteiger partial charge in [-0.3, -0.25) is 9.98 Å². The van der Waals surface area contributed by atoms with E-state index in [1.165, 1.54) is 4.90 Å². The zero-order valence-electron chi connectivity index (χ0n) is 11.7. The standard InChI is InChI=1S/C14H19N5O2/c20-14(21)17-8-3-12(18-6-1-4-15-10-18)13(9-17)19-7-2-5-16-11-19/h1-2,4-7,12-13H,3,8-11H2,(H,20,21). The van der Waals surface area contributed by atoms with E-state index in [1.807, 2.05) is 24.6 Å². The van der Waals surface area contributed by atoms with E-state index in [9.17, 15) is 9.90 Å². The molecule has 0 aromatic heterocycles. The van der Waals surface area contributed by atoms with Crippen LogP contribution in [0.15, 0.2) is 34.5 Å². The van der Waals surface area contributed by atoms with Crippen LogP contribution in [0.1, 0.15) is 6.42 Å². The van der Waals surface area contributed by atoms with Gasteiger partial charge in [-0.2, -0.15) is 0 Å². The van der Waals surface area contributed by atoms with Gasteiger partial charge in [-0.15, -0.1) is 0 Å². The van der Waals surface area contributed by atoms with Crippen LogP contribution in [0, 0.1) is 0 Å². The van der Waals surface area contributed by atoms with Crippen LogP contribution < -0.4 is 0 Å². The number of likely N-dealkylation sites (tertiary alicyclic amines) is 1. The minimum atomic E-state index is -0.852. The molecule has 0 spiro atoms. The molecule has 3 aliphatic rings. The van der Waals surface area contributed by atoms with Gasteiger partial charge in [0, 0.05) is 37.9 Å². The van der Waals surface area contributed by atoms with Crippen molar-refractivity contribution in [3.05, 3.63) is 24.6 Å². The second-order valence-electron chi connectivity index (χ2n) is 5.31. The van der Waals surface area contributed by atoms with E-state index in [0.29, 0.717) is 26.4 Å². The molecule has 7 nitrogen and oxygen atoms in total. The van der Waals surface area contributed by atoms with E-state index in [-0.39, 0.29) is 12.1 Å². The lowest BCUT2D eigenvalue weighted by molar-refractivity contribution is 0.0537. The molecule has 0 radical (unpaired) electrons. The third-order valence-electron chi connectivity index (χ3n) is 4.10. The summed E-state index contributed by atoms with van der Waals surface area (Å²) in [6, 6.07) is 0.328. The SMILES string of the molecule is O=C(O)N1CCC(N2C=CC=NC2)C(N2C=CC=NC2)C1. The minimum Gasteiger partial charge on any atom is -0.465 e. The summed E-state index contributed by atoms with van der Waals surface area (Å²) in [6.45, 7) is 2.26. The van der Waals surface area contributed by atoms with Crippen molar-refractivity contribution in [2.24, 2.45) is 9.98 Å². The van der Waals surface area contributed by atoms with Crippen LogP contribution in [-0.2, 0) is 0 Å². The molecular formula is C14H19N5O2. The number of allylic oxidation sites excluding steroid dienone is 2. The number of carbonyl (C=O) groups is 1. The van der Waals surface area contributed by atoms with Crippen LogP contribution in [0.25, 0.3) is 0 Å². The van der Waals surface area contributed by atoms with Crippen molar-refractivity contribution in [3.63, 3.8) is 0 Å². The highest BCUT2D eigenvalue weighted by molar-refractivity contribution is 5.72. The van der Waals surface area contributed by atoms with Gasteiger partial charge in [-0.25, -0.2) is 4.79 Å². The maximum Gasteiger partial charge on any atom is 0.407 e. The number of amides is 1. The van der Waals surface area contributed by atoms with Crippen molar-refractivity contribution in [1.29, 1.82) is 0 Å². The molecule has 1 amide bonds. The molecule has 2 unspecified atom stereocenters. The third-order valence-corrected chi connectivity index (χ3v) is 4.10. The van der Waals surface area contributed by atoms with Gasteiger partial charge in [0.2, 0.25) is 0 Å². The summed E-state index contributed by atoms with van der Waals surface area (Å²) in [4.78, 5) is 25.6. The van der Waals surface area contributed by atoms with Gasteiger partial charge in [0.15, 0.2) is 0 Å². The predicted octanol–water partition coefficient (Wildman–Crippen LogP) is 0.823. The van der Waals surface area contributed by atoms with Crippen molar-refractivity contribution in [3.8, 4) is 0 Å². The number of aliphatic imine (C=N–C) groups is 2. The normalized spacial score (nSPS) is 28.3. The van der Waals surface area contributed by atoms with Crippen LogP contribution in [-0.4, -0.2) is 76.8 Å². The Morgan fingerprint density at radius 2 is 1.67 bits per heavy atom. The monoisotopic (exact) mass is 289 g/mol. The van der Waals surface area contributed by atoms with Crippen molar-refractivity contribution in [2.45, 2.75) is 18.5 Å². The van der Waals surface area contributed by atoms with E-state index < -0.39 is 6.09 Å². The Labute approximate surface area is 123 Å². The Kier molecular flexibility index (Phi) is 3.89. The largest absolute Gasteiger partial charge is 0.465 e. The summed E-state index contributed by atoms with van der Waals surface area (Å²) >= 11 is 0. The summed E-state index contributed by atoms with van der Waals surface area (Å²) in [5.74, 6) is 0. The average Bonchev–Trinajstić information content (AvgIpc) is 2.56. The fourth-order valence-electron chi connectivity index (χ4n) is 3.03. The molecule has 0 aromatic rings. The predicted molar refractivity (Wildman–Crippen MR) is 80.5 cm³/mol. The van der Waals surface area contributed by atoms with Crippen molar-refractivity contribution in [2.75, 3.05) is 26.4 Å². The summed E-state index contributed by atoms with van der Waals surface area (Å²) in [5, 5.41) is 9.26. The van der Waals surface area contributed by atoms with E-state index in [1.54, 1.807) is 12.4 Å². The zero-order valence-corrected chi connectivity index (χ0v) is 11.7. The first-order chi connectivity index (χ1) is 10.3. The molecule has 2 atom stereocenters. The molecule has 3 heterocycles. The van der Waals surface area contributed by atoms with E-state index in [0.717, 1.165) is 6.42 Å². The van der Waals surface area contributed by atoms with Gasteiger partial charge in [0.05, 0.1) is 12.1 Å². The van der Waals surface area contributed by atoms with Crippen LogP contribution in [0.4, 0.5) is 4.79 Å². The van der Waals surface area contributed by atoms with Crippen molar-refractivity contribution < 1.29 is 9.90 Å². The lowest BCUT2D eigenvalue weighted by Gasteiger charge is -2.46. The first kappa shape index (κ1) is 13.7. The molecule has 0 bridgehead atoms. The molecule has 3 aliphatic heterocycles. The number of hydrogen-bond acceptors (Lipinski definition) is 5. The molecule has 1 fully saturated rings. The number of rotatable bonds is 2. The highest BCUT2D eigenvalue weighted by atomic mass is 16.4. The Balaban J connectivity index is 1.78. The molecule has 21 heavy (non-hydrogen) atoms. The third kappa shape index (κ3) is 2.91. The van der Waals surface area contributed by atoms with Gasteiger partial charge in [-0.05, 0) is 18.6 Å². The lowest BCUT2D eigenvalue weighted by atomic mass is 9.96. The first-order valence-corrected chi connectivity index (χ1v) is 7.08. The lowest BCUT2D eigenvalue weighted by Crippen LogP contribution is -2.59. The molecule has 7 heteroatoms. The quantitative estimate of drug-likeness (QED) is 0.817. The van der Waals surface area contributed by atoms with Gasteiger partial charge in [0.25, 0.3) is 0 Å². The second kappa shape index (κ2) is 5.99. The Bertz CT molecular complexity index is 513. The minimum absolute atomic E-state index is 0.0847. The maximum absolute atomic E-state index is 11.3. The van der Waals surface area contributed by atoms with Crippen LogP contribution >= 0.6 is 0 Å². The topological polar surface area (TPSA) is 71.7 Å². The molecule has 0 aromatic carbocycles. The van der Waals surface area contributed by atoms with E-state index >= 15 is 0 Å². The Morgan fingerprint density at radius 3 is 2.19 bits per heavy atom. The smallest absolute Gasteiger partial charge is 0.407 e. The zero-order chi connectivity index (χ0) is 14.7. The summed E-state index contributed by atoms with van der Waals surface area (Å²) in [5.41, 5.74) is 0. The molecule has 3 rings (SSSR count). The van der Waals surface area contributed by atoms with Crippen molar-refractivity contribution >= 4 is 18.5 Å². The summed E-state index contributed by atoms with van der Waals surface area (Å²) in [7, 11) is 0. The van der Waals surface area contributed by atoms with Crippen LogP contribution in [0.3, 0.4) is 0 Å². The summed E-state index contributed by atoms with van der Waals surface area (Å²) < 4.78 is 0. The maximum atomic E-state index is 11.3. The molecule has 0 aliphatic carbocycles. The molecule has 1 saturated heterocycles. The van der Waals surface area contributed by atoms with Gasteiger partial charge in [-0.1, -0.05) is 0 Å². The molecule has 0 saturated carbocycles. The molecular weight excluding hydrogens is 270 g/mol. The van der Waals surface area contributed by atoms with Crippen LogP contribution in [0.2, 0.25) is 0 Å². The van der Waals surface area contributed by atoms with E-state index in [2.05, 4.69) is 19.8 Å².